The lowest BCUT2D eigenvalue weighted by Crippen LogP contribution is -2.42. The molecule has 1 atom stereocenters. The molecule has 0 fully saturated rings. The summed E-state index contributed by atoms with van der Waals surface area (Å²) >= 11 is 0. The van der Waals surface area contributed by atoms with Crippen molar-refractivity contribution in [1.29, 1.82) is 0 Å². The first-order chi connectivity index (χ1) is 12.1. The zero-order chi connectivity index (χ0) is 17.4. The smallest absolute Gasteiger partial charge is 0.242 e. The summed E-state index contributed by atoms with van der Waals surface area (Å²) in [7, 11) is 0. The number of carbonyl (C=O) groups is 1. The Morgan fingerprint density at radius 2 is 2.16 bits per heavy atom. The molecule has 0 aliphatic carbocycles. The summed E-state index contributed by atoms with van der Waals surface area (Å²) in [6.07, 6.45) is 3.64. The monoisotopic (exact) mass is 338 g/mol. The van der Waals surface area contributed by atoms with Crippen molar-refractivity contribution in [2.45, 2.75) is 51.7 Å². The maximum atomic E-state index is 12.4. The normalized spacial score (nSPS) is 17.0. The van der Waals surface area contributed by atoms with E-state index >= 15 is 0 Å². The highest BCUT2D eigenvalue weighted by Gasteiger charge is 2.23. The van der Waals surface area contributed by atoms with Gasteiger partial charge in [0.1, 0.15) is 12.4 Å². The molecule has 0 bridgehead atoms. The third kappa shape index (κ3) is 3.26. The zero-order valence-corrected chi connectivity index (χ0v) is 14.5. The van der Waals surface area contributed by atoms with Crippen LogP contribution in [0.5, 0.6) is 0 Å². The van der Waals surface area contributed by atoms with Gasteiger partial charge in [-0.2, -0.15) is 10.2 Å². The predicted octanol–water partition coefficient (Wildman–Crippen LogP) is 1.88. The molecule has 1 aliphatic heterocycles. The van der Waals surface area contributed by atoms with E-state index in [1.807, 2.05) is 35.1 Å². The van der Waals surface area contributed by atoms with Crippen LogP contribution in [-0.4, -0.2) is 36.5 Å². The Morgan fingerprint density at radius 3 is 2.96 bits per heavy atom. The number of nitrogens with one attached hydrogen (secondary N) is 1. The van der Waals surface area contributed by atoms with Crippen LogP contribution >= 0.6 is 0 Å². The summed E-state index contributed by atoms with van der Waals surface area (Å²) < 4.78 is 3.63. The van der Waals surface area contributed by atoms with Gasteiger partial charge in [0.25, 0.3) is 0 Å². The molecule has 1 aliphatic rings. The molecule has 0 radical (unpaired) electrons. The van der Waals surface area contributed by atoms with Gasteiger partial charge in [-0.1, -0.05) is 32.0 Å². The molecule has 3 aromatic rings. The van der Waals surface area contributed by atoms with E-state index in [9.17, 15) is 4.79 Å². The Morgan fingerprint density at radius 1 is 1.32 bits per heavy atom. The SMILES string of the molecule is CC(C)c1nc2n(n1)CC(NC(=O)Cn1cc3ccccc3n1)CC2. The van der Waals surface area contributed by atoms with Crippen LogP contribution in [0.2, 0.25) is 0 Å². The molecule has 7 heteroatoms. The number of benzene rings is 1. The highest BCUT2D eigenvalue weighted by molar-refractivity contribution is 5.79. The number of amides is 1. The molecule has 3 heterocycles. The number of carbonyl (C=O) groups excluding carboxylic acids is 1. The molecular formula is C18H22N6O. The number of aryl methyl sites for hydroxylation is 1. The summed E-state index contributed by atoms with van der Waals surface area (Å²) in [5.74, 6) is 2.20. The average molecular weight is 338 g/mol. The number of rotatable bonds is 4. The molecule has 1 amide bonds. The molecule has 0 saturated heterocycles. The fourth-order valence-corrected chi connectivity index (χ4v) is 3.21. The van der Waals surface area contributed by atoms with Crippen LogP contribution in [0.15, 0.2) is 30.5 Å². The molecule has 0 saturated carbocycles. The minimum atomic E-state index is -0.0227. The fourth-order valence-electron chi connectivity index (χ4n) is 3.21. The number of hydrogen-bond donors (Lipinski definition) is 1. The van der Waals surface area contributed by atoms with Crippen molar-refractivity contribution >= 4 is 16.8 Å². The molecule has 1 aromatic carbocycles. The standard InChI is InChI=1S/C18H22N6O/c1-12(2)18-20-16-8-7-14(10-24(16)22-18)19-17(25)11-23-9-13-5-3-4-6-15(13)21-23/h3-6,9,12,14H,7-8,10-11H2,1-2H3,(H,19,25). The van der Waals surface area contributed by atoms with Gasteiger partial charge in [-0.25, -0.2) is 9.67 Å². The van der Waals surface area contributed by atoms with Crippen molar-refractivity contribution in [1.82, 2.24) is 29.9 Å². The van der Waals surface area contributed by atoms with Gasteiger partial charge >= 0.3 is 0 Å². The van der Waals surface area contributed by atoms with Crippen LogP contribution in [0, 0.1) is 0 Å². The highest BCUT2D eigenvalue weighted by Crippen LogP contribution is 2.17. The van der Waals surface area contributed by atoms with Crippen molar-refractivity contribution in [3.05, 3.63) is 42.1 Å². The summed E-state index contributed by atoms with van der Waals surface area (Å²) in [5, 5.41) is 13.1. The predicted molar refractivity (Wildman–Crippen MR) is 94.1 cm³/mol. The number of nitrogens with zero attached hydrogens (tertiary/aromatic N) is 5. The van der Waals surface area contributed by atoms with Crippen molar-refractivity contribution in [2.24, 2.45) is 0 Å². The lowest BCUT2D eigenvalue weighted by atomic mass is 10.1. The van der Waals surface area contributed by atoms with Gasteiger partial charge in [-0.05, 0) is 12.5 Å². The topological polar surface area (TPSA) is 77.6 Å². The third-order valence-electron chi connectivity index (χ3n) is 4.52. The Labute approximate surface area is 146 Å². The van der Waals surface area contributed by atoms with Crippen molar-refractivity contribution < 1.29 is 4.79 Å². The molecule has 1 unspecified atom stereocenters. The first-order valence-corrected chi connectivity index (χ1v) is 8.73. The maximum Gasteiger partial charge on any atom is 0.242 e. The van der Waals surface area contributed by atoms with Gasteiger partial charge < -0.3 is 5.32 Å². The minimum absolute atomic E-state index is 0.0227. The summed E-state index contributed by atoms with van der Waals surface area (Å²) in [6, 6.07) is 7.95. The number of fused-ring (bicyclic) bond motifs is 2. The van der Waals surface area contributed by atoms with Crippen LogP contribution in [0.4, 0.5) is 0 Å². The van der Waals surface area contributed by atoms with E-state index in [1.54, 1.807) is 4.68 Å². The molecule has 7 nitrogen and oxygen atoms in total. The van der Waals surface area contributed by atoms with E-state index in [0.29, 0.717) is 12.5 Å². The van der Waals surface area contributed by atoms with Crippen molar-refractivity contribution in [2.75, 3.05) is 0 Å². The van der Waals surface area contributed by atoms with Crippen LogP contribution in [-0.2, 0) is 24.3 Å². The Kier molecular flexibility index (Phi) is 3.99. The molecule has 0 spiro atoms. The Balaban J connectivity index is 1.39. The molecule has 25 heavy (non-hydrogen) atoms. The van der Waals surface area contributed by atoms with Gasteiger partial charge in [0, 0.05) is 30.0 Å². The lowest BCUT2D eigenvalue weighted by molar-refractivity contribution is -0.122. The number of aromatic nitrogens is 5. The van der Waals surface area contributed by atoms with Crippen LogP contribution in [0.1, 0.15) is 37.8 Å². The minimum Gasteiger partial charge on any atom is -0.350 e. The van der Waals surface area contributed by atoms with Crippen LogP contribution < -0.4 is 5.32 Å². The quantitative estimate of drug-likeness (QED) is 0.788. The number of hydrogen-bond acceptors (Lipinski definition) is 4. The van der Waals surface area contributed by atoms with Gasteiger partial charge in [-0.15, -0.1) is 0 Å². The lowest BCUT2D eigenvalue weighted by Gasteiger charge is -2.23. The second-order valence-electron chi connectivity index (χ2n) is 6.91. The molecule has 1 N–H and O–H groups in total. The van der Waals surface area contributed by atoms with Crippen LogP contribution in [0.25, 0.3) is 10.9 Å². The molecule has 130 valence electrons. The first kappa shape index (κ1) is 15.8. The Hall–Kier alpha value is -2.70. The summed E-state index contributed by atoms with van der Waals surface area (Å²) in [4.78, 5) is 16.9. The highest BCUT2D eigenvalue weighted by atomic mass is 16.2. The van der Waals surface area contributed by atoms with E-state index in [2.05, 4.69) is 34.3 Å². The van der Waals surface area contributed by atoms with E-state index in [1.165, 1.54) is 0 Å². The van der Waals surface area contributed by atoms with E-state index < -0.39 is 0 Å². The van der Waals surface area contributed by atoms with E-state index in [0.717, 1.165) is 35.4 Å². The second kappa shape index (κ2) is 6.31. The Bertz CT molecular complexity index is 876. The fraction of sp³-hybridized carbons (Fsp3) is 0.444. The summed E-state index contributed by atoms with van der Waals surface area (Å²) in [6.45, 7) is 5.10. The third-order valence-corrected chi connectivity index (χ3v) is 4.52. The van der Waals surface area contributed by atoms with Crippen molar-refractivity contribution in [3.8, 4) is 0 Å². The molecule has 2 aromatic heterocycles. The second-order valence-corrected chi connectivity index (χ2v) is 6.91. The average Bonchev–Trinajstić information content (AvgIpc) is 3.17. The van der Waals surface area contributed by atoms with Crippen LogP contribution in [0.3, 0.4) is 0 Å². The van der Waals surface area contributed by atoms with E-state index in [4.69, 9.17) is 0 Å². The molecular weight excluding hydrogens is 316 g/mol. The van der Waals surface area contributed by atoms with Gasteiger partial charge in [0.15, 0.2) is 5.82 Å². The molecule has 4 rings (SSSR count). The largest absolute Gasteiger partial charge is 0.350 e. The first-order valence-electron chi connectivity index (χ1n) is 8.73. The van der Waals surface area contributed by atoms with E-state index in [-0.39, 0.29) is 18.5 Å². The zero-order valence-electron chi connectivity index (χ0n) is 14.5. The van der Waals surface area contributed by atoms with Crippen molar-refractivity contribution in [3.63, 3.8) is 0 Å². The summed E-state index contributed by atoms with van der Waals surface area (Å²) in [5.41, 5.74) is 0.904. The van der Waals surface area contributed by atoms with Gasteiger partial charge in [-0.3, -0.25) is 9.48 Å². The van der Waals surface area contributed by atoms with Gasteiger partial charge in [0.2, 0.25) is 5.91 Å². The van der Waals surface area contributed by atoms with Gasteiger partial charge in [0.05, 0.1) is 12.1 Å². The maximum absolute atomic E-state index is 12.4.